The molecule has 2 fully saturated rings. The Balaban J connectivity index is 1.76. The van der Waals surface area contributed by atoms with Gasteiger partial charge < -0.3 is 4.90 Å². The summed E-state index contributed by atoms with van der Waals surface area (Å²) in [4.78, 5) is 10.9. The smallest absolute Gasteiger partial charge is 0.211 e. The molecule has 6 nitrogen and oxygen atoms in total. The Hall–Kier alpha value is -1.21. The van der Waals surface area contributed by atoms with E-state index in [4.69, 9.17) is 0 Å². The molecule has 20 heavy (non-hydrogen) atoms. The van der Waals surface area contributed by atoms with Crippen LogP contribution in [0.4, 0.5) is 5.82 Å². The van der Waals surface area contributed by atoms with Crippen LogP contribution < -0.4 is 4.90 Å². The lowest BCUT2D eigenvalue weighted by molar-refractivity contribution is 0.458. The molecule has 0 bridgehead atoms. The van der Waals surface area contributed by atoms with Crippen molar-refractivity contribution < 1.29 is 8.42 Å². The van der Waals surface area contributed by atoms with Crippen LogP contribution in [0.2, 0.25) is 0 Å². The van der Waals surface area contributed by atoms with Gasteiger partial charge >= 0.3 is 0 Å². The van der Waals surface area contributed by atoms with Crippen molar-refractivity contribution in [2.75, 3.05) is 37.3 Å². The van der Waals surface area contributed by atoms with Gasteiger partial charge in [-0.15, -0.1) is 0 Å². The number of fused-ring (bicyclic) bond motifs is 1. The predicted octanol–water partition coefficient (Wildman–Crippen LogP) is 0.421. The lowest BCUT2D eigenvalue weighted by atomic mass is 10.0. The maximum absolute atomic E-state index is 11.6. The van der Waals surface area contributed by atoms with E-state index in [1.807, 2.05) is 13.8 Å². The first kappa shape index (κ1) is 13.8. The fourth-order valence-electron chi connectivity index (χ4n) is 3.24. The van der Waals surface area contributed by atoms with Gasteiger partial charge in [0.1, 0.15) is 12.1 Å². The number of anilines is 1. The van der Waals surface area contributed by atoms with Crippen LogP contribution in [0.15, 0.2) is 6.33 Å². The third kappa shape index (κ3) is 2.29. The summed E-state index contributed by atoms with van der Waals surface area (Å²) >= 11 is 0. The van der Waals surface area contributed by atoms with Crippen molar-refractivity contribution in [1.29, 1.82) is 0 Å². The molecule has 3 rings (SSSR count). The van der Waals surface area contributed by atoms with E-state index in [0.717, 1.165) is 30.2 Å². The fourth-order valence-corrected chi connectivity index (χ4v) is 4.16. The molecule has 2 saturated heterocycles. The first-order chi connectivity index (χ1) is 9.36. The van der Waals surface area contributed by atoms with Gasteiger partial charge in [-0.25, -0.2) is 22.7 Å². The Bertz CT molecular complexity index is 617. The summed E-state index contributed by atoms with van der Waals surface area (Å²) in [5.74, 6) is 1.83. The van der Waals surface area contributed by atoms with Crippen molar-refractivity contribution in [2.45, 2.75) is 13.8 Å². The second kappa shape index (κ2) is 4.66. The molecule has 7 heteroatoms. The van der Waals surface area contributed by atoms with Crippen molar-refractivity contribution in [3.8, 4) is 0 Å². The first-order valence-corrected chi connectivity index (χ1v) is 8.69. The summed E-state index contributed by atoms with van der Waals surface area (Å²) in [6.45, 7) is 7.08. The normalized spacial score (nSPS) is 27.1. The highest BCUT2D eigenvalue weighted by Gasteiger charge is 2.43. The van der Waals surface area contributed by atoms with Crippen molar-refractivity contribution in [3.63, 3.8) is 0 Å². The van der Waals surface area contributed by atoms with Crippen LogP contribution in [0.1, 0.15) is 11.3 Å². The summed E-state index contributed by atoms with van der Waals surface area (Å²) in [6, 6.07) is 0. The number of rotatable bonds is 2. The fraction of sp³-hybridized carbons (Fsp3) is 0.692. The van der Waals surface area contributed by atoms with E-state index < -0.39 is 10.0 Å². The van der Waals surface area contributed by atoms with Crippen LogP contribution in [0.25, 0.3) is 0 Å². The van der Waals surface area contributed by atoms with Crippen molar-refractivity contribution in [3.05, 3.63) is 17.6 Å². The van der Waals surface area contributed by atoms with E-state index in [2.05, 4.69) is 14.9 Å². The number of nitrogens with zero attached hydrogens (tertiary/aromatic N) is 4. The number of aromatic nitrogens is 2. The Kier molecular flexibility index (Phi) is 3.21. The molecule has 0 aliphatic carbocycles. The molecule has 0 N–H and O–H groups in total. The third-order valence-corrected chi connectivity index (χ3v) is 5.77. The minimum absolute atomic E-state index is 0.416. The van der Waals surface area contributed by atoms with E-state index in [1.165, 1.54) is 6.26 Å². The van der Waals surface area contributed by atoms with Gasteiger partial charge in [-0.1, -0.05) is 0 Å². The molecule has 1 aromatic heterocycles. The van der Waals surface area contributed by atoms with Gasteiger partial charge in [-0.2, -0.15) is 0 Å². The number of hydrogen-bond donors (Lipinski definition) is 0. The van der Waals surface area contributed by atoms with E-state index >= 15 is 0 Å². The molecule has 2 aliphatic rings. The predicted molar refractivity (Wildman–Crippen MR) is 77.1 cm³/mol. The molecule has 110 valence electrons. The van der Waals surface area contributed by atoms with Crippen molar-refractivity contribution >= 4 is 15.8 Å². The Morgan fingerprint density at radius 3 is 2.25 bits per heavy atom. The summed E-state index contributed by atoms with van der Waals surface area (Å²) < 4.78 is 24.8. The van der Waals surface area contributed by atoms with Crippen molar-refractivity contribution in [1.82, 2.24) is 14.3 Å². The summed E-state index contributed by atoms with van der Waals surface area (Å²) in [6.07, 6.45) is 2.90. The topological polar surface area (TPSA) is 66.4 Å². The summed E-state index contributed by atoms with van der Waals surface area (Å²) in [5.41, 5.74) is 2.12. The van der Waals surface area contributed by atoms with E-state index in [-0.39, 0.29) is 0 Å². The zero-order valence-electron chi connectivity index (χ0n) is 12.1. The van der Waals surface area contributed by atoms with Gasteiger partial charge in [0.15, 0.2) is 0 Å². The molecular weight excluding hydrogens is 276 g/mol. The quantitative estimate of drug-likeness (QED) is 0.791. The minimum Gasteiger partial charge on any atom is -0.356 e. The minimum atomic E-state index is -3.05. The van der Waals surface area contributed by atoms with Gasteiger partial charge in [0, 0.05) is 37.4 Å². The Morgan fingerprint density at radius 1 is 1.10 bits per heavy atom. The number of aryl methyl sites for hydroxylation is 1. The molecule has 0 aromatic carbocycles. The Morgan fingerprint density at radius 2 is 1.70 bits per heavy atom. The van der Waals surface area contributed by atoms with Crippen LogP contribution in [0.3, 0.4) is 0 Å². The van der Waals surface area contributed by atoms with Crippen molar-refractivity contribution in [2.24, 2.45) is 11.8 Å². The molecular formula is C13H20N4O2S. The van der Waals surface area contributed by atoms with Crippen LogP contribution in [0.5, 0.6) is 0 Å². The molecule has 0 saturated carbocycles. The van der Waals surface area contributed by atoms with Crippen LogP contribution in [-0.2, 0) is 10.0 Å². The molecule has 2 atom stereocenters. The second-order valence-corrected chi connectivity index (χ2v) is 7.90. The molecule has 3 heterocycles. The van der Waals surface area contributed by atoms with E-state index in [1.54, 1.807) is 10.6 Å². The van der Waals surface area contributed by atoms with Gasteiger partial charge in [-0.05, 0) is 25.7 Å². The first-order valence-electron chi connectivity index (χ1n) is 6.84. The highest BCUT2D eigenvalue weighted by atomic mass is 32.2. The van der Waals surface area contributed by atoms with E-state index in [9.17, 15) is 8.42 Å². The largest absolute Gasteiger partial charge is 0.356 e. The van der Waals surface area contributed by atoms with E-state index in [0.29, 0.717) is 24.9 Å². The summed E-state index contributed by atoms with van der Waals surface area (Å²) in [5, 5.41) is 0. The highest BCUT2D eigenvalue weighted by molar-refractivity contribution is 7.88. The number of sulfonamides is 1. The monoisotopic (exact) mass is 296 g/mol. The molecule has 0 spiro atoms. The summed E-state index contributed by atoms with van der Waals surface area (Å²) in [7, 11) is -3.05. The van der Waals surface area contributed by atoms with Gasteiger partial charge in [0.05, 0.1) is 6.26 Å². The molecule has 2 unspecified atom stereocenters. The maximum Gasteiger partial charge on any atom is 0.211 e. The standard InChI is InChI=1S/C13H20N4O2S/c1-9-10(2)14-8-15-13(9)16-4-11-6-17(20(3,18)19)7-12(11)5-16/h8,11-12H,4-7H2,1-3H3. The zero-order chi connectivity index (χ0) is 14.5. The lowest BCUT2D eigenvalue weighted by Gasteiger charge is -2.22. The maximum atomic E-state index is 11.6. The molecule has 1 aromatic rings. The van der Waals surface area contributed by atoms with Crippen LogP contribution in [0, 0.1) is 25.7 Å². The second-order valence-electron chi connectivity index (χ2n) is 5.91. The molecule has 0 radical (unpaired) electrons. The van der Waals surface area contributed by atoms with Gasteiger partial charge in [-0.3, -0.25) is 0 Å². The average molecular weight is 296 g/mol. The lowest BCUT2D eigenvalue weighted by Crippen LogP contribution is -2.33. The third-order valence-electron chi connectivity index (χ3n) is 4.53. The zero-order valence-corrected chi connectivity index (χ0v) is 12.9. The molecule has 0 amide bonds. The Labute approximate surface area is 119 Å². The number of hydrogen-bond acceptors (Lipinski definition) is 5. The van der Waals surface area contributed by atoms with Gasteiger partial charge in [0.25, 0.3) is 0 Å². The van der Waals surface area contributed by atoms with Crippen LogP contribution >= 0.6 is 0 Å². The van der Waals surface area contributed by atoms with Gasteiger partial charge in [0.2, 0.25) is 10.0 Å². The van der Waals surface area contributed by atoms with Crippen LogP contribution in [-0.4, -0.2) is 55.1 Å². The molecule has 2 aliphatic heterocycles. The SMILES string of the molecule is Cc1ncnc(N2CC3CN(S(C)(=O)=O)CC3C2)c1C. The highest BCUT2D eigenvalue weighted by Crippen LogP contribution is 2.35. The average Bonchev–Trinajstić information content (AvgIpc) is 2.89.